The molecular weight excluding hydrogens is 377 g/mol. The highest BCUT2D eigenvalue weighted by molar-refractivity contribution is 9.10. The van der Waals surface area contributed by atoms with Gasteiger partial charge in [0.05, 0.1) is 5.56 Å². The van der Waals surface area contributed by atoms with Gasteiger partial charge in [-0.25, -0.2) is 17.6 Å². The molecule has 0 fully saturated rings. The standard InChI is InChI=1S/C14H11BrFNO4S/c1-8-2-5-13(11(15)6-8)22(20,21)17-9-3-4-12(16)10(7-9)14(18)19/h2-7,17H,1H3,(H,18,19). The largest absolute Gasteiger partial charge is 0.478 e. The molecule has 2 rings (SSSR count). The van der Waals surface area contributed by atoms with Crippen LogP contribution in [0, 0.1) is 12.7 Å². The first-order valence-corrected chi connectivity index (χ1v) is 8.30. The number of aromatic carboxylic acids is 1. The van der Waals surface area contributed by atoms with Crippen molar-refractivity contribution >= 4 is 37.6 Å². The Kier molecular flexibility index (Phi) is 4.52. The van der Waals surface area contributed by atoms with Crippen molar-refractivity contribution in [2.45, 2.75) is 11.8 Å². The summed E-state index contributed by atoms with van der Waals surface area (Å²) in [5.74, 6) is -2.41. The summed E-state index contributed by atoms with van der Waals surface area (Å²) in [7, 11) is -3.93. The first-order chi connectivity index (χ1) is 10.2. The van der Waals surface area contributed by atoms with Gasteiger partial charge in [0.1, 0.15) is 10.7 Å². The van der Waals surface area contributed by atoms with Crippen LogP contribution in [0.4, 0.5) is 10.1 Å². The Morgan fingerprint density at radius 1 is 1.23 bits per heavy atom. The van der Waals surface area contributed by atoms with Crippen LogP contribution in [0.1, 0.15) is 15.9 Å². The molecule has 0 bridgehead atoms. The highest BCUT2D eigenvalue weighted by Crippen LogP contribution is 2.26. The quantitative estimate of drug-likeness (QED) is 0.841. The monoisotopic (exact) mass is 387 g/mol. The van der Waals surface area contributed by atoms with Crippen LogP contribution in [0.3, 0.4) is 0 Å². The number of carboxylic acid groups (broad SMARTS) is 1. The summed E-state index contributed by atoms with van der Waals surface area (Å²) in [5, 5.41) is 8.86. The molecule has 0 spiro atoms. The second-order valence-electron chi connectivity index (χ2n) is 4.54. The van der Waals surface area contributed by atoms with Crippen LogP contribution in [0.15, 0.2) is 45.8 Å². The van der Waals surface area contributed by atoms with E-state index in [1.807, 2.05) is 6.92 Å². The summed E-state index contributed by atoms with van der Waals surface area (Å²) in [6.45, 7) is 1.81. The minimum absolute atomic E-state index is 0.000648. The maximum Gasteiger partial charge on any atom is 0.338 e. The maximum atomic E-state index is 13.3. The summed E-state index contributed by atoms with van der Waals surface area (Å²) in [6.07, 6.45) is 0. The van der Waals surface area contributed by atoms with E-state index in [1.54, 1.807) is 12.1 Å². The molecule has 0 amide bonds. The van der Waals surface area contributed by atoms with Gasteiger partial charge in [-0.1, -0.05) is 6.07 Å². The van der Waals surface area contributed by atoms with E-state index in [2.05, 4.69) is 20.7 Å². The summed E-state index contributed by atoms with van der Waals surface area (Å²) >= 11 is 3.17. The van der Waals surface area contributed by atoms with Crippen LogP contribution in [0.2, 0.25) is 0 Å². The SMILES string of the molecule is Cc1ccc(S(=O)(=O)Nc2ccc(F)c(C(=O)O)c2)c(Br)c1. The molecule has 0 saturated heterocycles. The van der Waals surface area contributed by atoms with Crippen molar-refractivity contribution in [1.29, 1.82) is 0 Å². The smallest absolute Gasteiger partial charge is 0.338 e. The summed E-state index contributed by atoms with van der Waals surface area (Å²) < 4.78 is 40.6. The van der Waals surface area contributed by atoms with Crippen LogP contribution in [0.25, 0.3) is 0 Å². The van der Waals surface area contributed by atoms with E-state index < -0.39 is 27.4 Å². The minimum atomic E-state index is -3.93. The average Bonchev–Trinajstić information content (AvgIpc) is 2.39. The number of carboxylic acids is 1. The van der Waals surface area contributed by atoms with E-state index in [9.17, 15) is 17.6 Å². The van der Waals surface area contributed by atoms with E-state index in [0.717, 1.165) is 23.8 Å². The second kappa shape index (κ2) is 6.05. The Morgan fingerprint density at radius 3 is 2.50 bits per heavy atom. The molecule has 0 atom stereocenters. The van der Waals surface area contributed by atoms with Crippen molar-refractivity contribution in [2.75, 3.05) is 4.72 Å². The van der Waals surface area contributed by atoms with E-state index in [-0.39, 0.29) is 10.6 Å². The Hall–Kier alpha value is -1.93. The van der Waals surface area contributed by atoms with Crippen molar-refractivity contribution in [3.05, 3.63) is 57.8 Å². The Morgan fingerprint density at radius 2 is 1.91 bits per heavy atom. The second-order valence-corrected chi connectivity index (χ2v) is 7.04. The normalized spacial score (nSPS) is 11.2. The number of hydrogen-bond acceptors (Lipinski definition) is 3. The molecule has 0 unspecified atom stereocenters. The fourth-order valence-corrected chi connectivity index (χ4v) is 4.03. The maximum absolute atomic E-state index is 13.3. The van der Waals surface area contributed by atoms with Gasteiger partial charge in [-0.3, -0.25) is 4.72 Å². The van der Waals surface area contributed by atoms with Gasteiger partial charge in [-0.2, -0.15) is 0 Å². The van der Waals surface area contributed by atoms with Crippen molar-refractivity contribution in [1.82, 2.24) is 0 Å². The van der Waals surface area contributed by atoms with Gasteiger partial charge in [-0.05, 0) is 58.7 Å². The van der Waals surface area contributed by atoms with Crippen molar-refractivity contribution in [3.63, 3.8) is 0 Å². The molecule has 22 heavy (non-hydrogen) atoms. The van der Waals surface area contributed by atoms with Gasteiger partial charge in [0, 0.05) is 10.2 Å². The third kappa shape index (κ3) is 3.45. The van der Waals surface area contributed by atoms with Gasteiger partial charge in [-0.15, -0.1) is 0 Å². The predicted molar refractivity (Wildman–Crippen MR) is 83.0 cm³/mol. The van der Waals surface area contributed by atoms with E-state index >= 15 is 0 Å². The average molecular weight is 388 g/mol. The van der Waals surface area contributed by atoms with E-state index in [4.69, 9.17) is 5.11 Å². The lowest BCUT2D eigenvalue weighted by Crippen LogP contribution is -2.14. The number of anilines is 1. The van der Waals surface area contributed by atoms with E-state index in [0.29, 0.717) is 4.47 Å². The lowest BCUT2D eigenvalue weighted by atomic mass is 10.2. The van der Waals surface area contributed by atoms with Crippen LogP contribution < -0.4 is 4.72 Å². The molecule has 8 heteroatoms. The molecule has 0 aromatic heterocycles. The van der Waals surface area contributed by atoms with Crippen molar-refractivity contribution in [3.8, 4) is 0 Å². The minimum Gasteiger partial charge on any atom is -0.478 e. The summed E-state index contributed by atoms with van der Waals surface area (Å²) in [4.78, 5) is 10.9. The van der Waals surface area contributed by atoms with Gasteiger partial charge in [0.15, 0.2) is 0 Å². The van der Waals surface area contributed by atoms with Gasteiger partial charge in [0.25, 0.3) is 10.0 Å². The summed E-state index contributed by atoms with van der Waals surface area (Å²) in [5.41, 5.74) is 0.232. The van der Waals surface area contributed by atoms with Gasteiger partial charge >= 0.3 is 5.97 Å². The van der Waals surface area contributed by atoms with Gasteiger partial charge in [0.2, 0.25) is 0 Å². The number of hydrogen-bond donors (Lipinski definition) is 2. The van der Waals surface area contributed by atoms with Crippen LogP contribution in [-0.2, 0) is 10.0 Å². The first-order valence-electron chi connectivity index (χ1n) is 6.02. The molecule has 0 aliphatic rings. The zero-order chi connectivity index (χ0) is 16.5. The molecule has 2 aromatic rings. The Balaban J connectivity index is 2.41. The lowest BCUT2D eigenvalue weighted by molar-refractivity contribution is 0.0692. The number of nitrogens with one attached hydrogen (secondary N) is 1. The van der Waals surface area contributed by atoms with E-state index in [1.165, 1.54) is 6.07 Å². The molecule has 5 nitrogen and oxygen atoms in total. The number of aryl methyl sites for hydroxylation is 1. The Labute approximate surface area is 135 Å². The summed E-state index contributed by atoms with van der Waals surface area (Å²) in [6, 6.07) is 7.67. The molecule has 2 N–H and O–H groups in total. The number of carbonyl (C=O) groups is 1. The molecular formula is C14H11BrFNO4S. The number of halogens is 2. The number of rotatable bonds is 4. The highest BCUT2D eigenvalue weighted by atomic mass is 79.9. The molecule has 0 aliphatic heterocycles. The zero-order valence-corrected chi connectivity index (χ0v) is 13.7. The topological polar surface area (TPSA) is 83.5 Å². The molecule has 0 heterocycles. The van der Waals surface area contributed by atoms with Crippen molar-refractivity contribution in [2.24, 2.45) is 0 Å². The molecule has 0 saturated carbocycles. The molecule has 0 radical (unpaired) electrons. The lowest BCUT2D eigenvalue weighted by Gasteiger charge is -2.11. The number of benzene rings is 2. The first kappa shape index (κ1) is 16.4. The van der Waals surface area contributed by atoms with Gasteiger partial charge < -0.3 is 5.11 Å². The number of sulfonamides is 1. The predicted octanol–water partition coefficient (Wildman–Crippen LogP) is 3.40. The van der Waals surface area contributed by atoms with Crippen LogP contribution in [-0.4, -0.2) is 19.5 Å². The Bertz CT molecular complexity index is 852. The fraction of sp³-hybridized carbons (Fsp3) is 0.0714. The third-order valence-corrected chi connectivity index (χ3v) is 5.18. The fourth-order valence-electron chi connectivity index (χ4n) is 1.79. The van der Waals surface area contributed by atoms with Crippen LogP contribution >= 0.6 is 15.9 Å². The molecule has 0 aliphatic carbocycles. The zero-order valence-electron chi connectivity index (χ0n) is 11.3. The van der Waals surface area contributed by atoms with Crippen molar-refractivity contribution < 1.29 is 22.7 Å². The molecule has 116 valence electrons. The highest BCUT2D eigenvalue weighted by Gasteiger charge is 2.19. The molecule has 2 aromatic carbocycles. The third-order valence-electron chi connectivity index (χ3n) is 2.83. The van der Waals surface area contributed by atoms with Crippen LogP contribution in [0.5, 0.6) is 0 Å².